The Bertz CT molecular complexity index is 456. The summed E-state index contributed by atoms with van der Waals surface area (Å²) >= 11 is 5.96. The summed E-state index contributed by atoms with van der Waals surface area (Å²) in [4.78, 5) is 12.2. The molecule has 0 bridgehead atoms. The van der Waals surface area contributed by atoms with Gasteiger partial charge in [-0.25, -0.2) is 0 Å². The van der Waals surface area contributed by atoms with E-state index in [4.69, 9.17) is 22.1 Å². The third-order valence-corrected chi connectivity index (χ3v) is 3.57. The minimum absolute atomic E-state index is 0.0178. The molecule has 3 atom stereocenters. The molecule has 0 spiro atoms. The van der Waals surface area contributed by atoms with Crippen LogP contribution >= 0.6 is 11.6 Å². The van der Waals surface area contributed by atoms with Crippen LogP contribution in [0, 0.1) is 6.92 Å². The Hall–Kier alpha value is -1.10. The highest BCUT2D eigenvalue weighted by Gasteiger charge is 2.40. The summed E-state index contributed by atoms with van der Waals surface area (Å²) in [5, 5.41) is 3.48. The largest absolute Gasteiger partial charge is 0.376 e. The van der Waals surface area contributed by atoms with Crippen LogP contribution in [0.2, 0.25) is 5.02 Å². The highest BCUT2D eigenvalue weighted by Crippen LogP contribution is 2.23. The van der Waals surface area contributed by atoms with Gasteiger partial charge in [0.2, 0.25) is 0 Å². The molecule has 3 unspecified atom stereocenters. The van der Waals surface area contributed by atoms with Crippen LogP contribution in [0.4, 0.5) is 0 Å². The Kier molecular flexibility index (Phi) is 4.45. The van der Waals surface area contributed by atoms with E-state index >= 15 is 0 Å². The highest BCUT2D eigenvalue weighted by molar-refractivity contribution is 6.31. The van der Waals surface area contributed by atoms with Crippen molar-refractivity contribution in [2.24, 2.45) is 5.73 Å². The van der Waals surface area contributed by atoms with Gasteiger partial charge in [-0.1, -0.05) is 11.6 Å². The molecule has 104 valence electrons. The fraction of sp³-hybridized carbons (Fsp3) is 0.500. The predicted molar refractivity (Wildman–Crippen MR) is 75.4 cm³/mol. The molecular formula is C14H19ClN2O2. The number of carbonyl (C=O) groups excluding carboxylic acids is 1. The van der Waals surface area contributed by atoms with E-state index in [1.807, 2.05) is 19.9 Å². The minimum atomic E-state index is -0.157. The lowest BCUT2D eigenvalue weighted by Crippen LogP contribution is -2.64. The van der Waals surface area contributed by atoms with Crippen molar-refractivity contribution in [1.82, 2.24) is 5.32 Å². The molecule has 1 aliphatic carbocycles. The maximum Gasteiger partial charge on any atom is 0.251 e. The van der Waals surface area contributed by atoms with Crippen molar-refractivity contribution in [3.63, 3.8) is 0 Å². The van der Waals surface area contributed by atoms with E-state index in [0.29, 0.717) is 17.2 Å². The summed E-state index contributed by atoms with van der Waals surface area (Å²) < 4.78 is 5.52. The molecule has 0 aliphatic heterocycles. The van der Waals surface area contributed by atoms with E-state index in [1.54, 1.807) is 12.1 Å². The number of amides is 1. The summed E-state index contributed by atoms with van der Waals surface area (Å²) in [7, 11) is 0. The molecule has 5 heteroatoms. The van der Waals surface area contributed by atoms with Gasteiger partial charge in [-0.3, -0.25) is 4.79 Å². The van der Waals surface area contributed by atoms with Crippen molar-refractivity contribution in [2.75, 3.05) is 6.61 Å². The summed E-state index contributed by atoms with van der Waals surface area (Å²) in [5.74, 6) is -0.157. The van der Waals surface area contributed by atoms with E-state index < -0.39 is 0 Å². The quantitative estimate of drug-likeness (QED) is 0.886. The van der Waals surface area contributed by atoms with Crippen molar-refractivity contribution in [3.05, 3.63) is 34.3 Å². The molecule has 0 heterocycles. The zero-order valence-electron chi connectivity index (χ0n) is 11.2. The Morgan fingerprint density at radius 2 is 2.26 bits per heavy atom. The van der Waals surface area contributed by atoms with Crippen molar-refractivity contribution in [3.8, 4) is 0 Å². The summed E-state index contributed by atoms with van der Waals surface area (Å²) in [5.41, 5.74) is 7.42. The number of ether oxygens (including phenoxy) is 1. The van der Waals surface area contributed by atoms with E-state index in [0.717, 1.165) is 12.0 Å². The van der Waals surface area contributed by atoms with Gasteiger partial charge >= 0.3 is 0 Å². The lowest BCUT2D eigenvalue weighted by Gasteiger charge is -2.42. The number of halogens is 1. The maximum atomic E-state index is 12.2. The van der Waals surface area contributed by atoms with E-state index in [9.17, 15) is 4.79 Å². The first kappa shape index (κ1) is 14.3. The van der Waals surface area contributed by atoms with Crippen LogP contribution in [0.3, 0.4) is 0 Å². The van der Waals surface area contributed by atoms with Gasteiger partial charge in [-0.15, -0.1) is 0 Å². The normalized spacial score (nSPS) is 25.8. The third-order valence-electron chi connectivity index (χ3n) is 3.35. The molecular weight excluding hydrogens is 264 g/mol. The van der Waals surface area contributed by atoms with Crippen molar-refractivity contribution >= 4 is 17.5 Å². The minimum Gasteiger partial charge on any atom is -0.376 e. The molecule has 1 saturated carbocycles. The number of benzene rings is 1. The second kappa shape index (κ2) is 5.90. The molecule has 0 saturated heterocycles. The fourth-order valence-corrected chi connectivity index (χ4v) is 2.62. The van der Waals surface area contributed by atoms with Gasteiger partial charge in [-0.05, 0) is 44.0 Å². The number of hydrogen-bond acceptors (Lipinski definition) is 3. The summed E-state index contributed by atoms with van der Waals surface area (Å²) in [6.45, 7) is 4.46. The average Bonchev–Trinajstić information content (AvgIpc) is 2.34. The van der Waals surface area contributed by atoms with Crippen LogP contribution in [-0.4, -0.2) is 30.7 Å². The first-order valence-corrected chi connectivity index (χ1v) is 6.84. The number of carbonyl (C=O) groups is 1. The Morgan fingerprint density at radius 1 is 1.53 bits per heavy atom. The van der Waals surface area contributed by atoms with Crippen LogP contribution in [0.25, 0.3) is 0 Å². The van der Waals surface area contributed by atoms with Crippen LogP contribution in [0.1, 0.15) is 29.3 Å². The van der Waals surface area contributed by atoms with Crippen LogP contribution in [-0.2, 0) is 4.74 Å². The number of nitrogens with one attached hydrogen (secondary N) is 1. The predicted octanol–water partition coefficient (Wildman–Crippen LogP) is 1.88. The van der Waals surface area contributed by atoms with E-state index in [1.165, 1.54) is 0 Å². The second-order valence-corrected chi connectivity index (χ2v) is 5.35. The summed E-state index contributed by atoms with van der Waals surface area (Å²) in [6, 6.07) is 5.12. The number of nitrogens with two attached hydrogens (primary N) is 1. The zero-order chi connectivity index (χ0) is 14.0. The van der Waals surface area contributed by atoms with Gasteiger partial charge in [0, 0.05) is 23.2 Å². The maximum absolute atomic E-state index is 12.2. The average molecular weight is 283 g/mol. The second-order valence-electron chi connectivity index (χ2n) is 4.91. The van der Waals surface area contributed by atoms with Gasteiger partial charge in [0.15, 0.2) is 0 Å². The van der Waals surface area contributed by atoms with E-state index in [2.05, 4.69) is 5.32 Å². The molecule has 1 amide bonds. The third kappa shape index (κ3) is 3.26. The first-order chi connectivity index (χ1) is 9.01. The van der Waals surface area contributed by atoms with Crippen molar-refractivity contribution < 1.29 is 9.53 Å². The highest BCUT2D eigenvalue weighted by atomic mass is 35.5. The number of hydrogen-bond donors (Lipinski definition) is 2. The SMILES string of the molecule is CCOC1CC(N)C1NC(=O)c1cc(C)cc(Cl)c1. The molecule has 1 aromatic rings. The van der Waals surface area contributed by atoms with Gasteiger partial charge in [0.05, 0.1) is 12.1 Å². The number of aryl methyl sites for hydroxylation is 1. The fourth-order valence-electron chi connectivity index (χ4n) is 2.33. The van der Waals surface area contributed by atoms with Crippen LogP contribution in [0.5, 0.6) is 0 Å². The topological polar surface area (TPSA) is 64.3 Å². The van der Waals surface area contributed by atoms with Gasteiger partial charge in [0.1, 0.15) is 0 Å². The zero-order valence-corrected chi connectivity index (χ0v) is 11.9. The number of rotatable bonds is 4. The van der Waals surface area contributed by atoms with E-state index in [-0.39, 0.29) is 24.1 Å². The molecule has 1 aromatic carbocycles. The first-order valence-electron chi connectivity index (χ1n) is 6.46. The molecule has 19 heavy (non-hydrogen) atoms. The molecule has 0 aromatic heterocycles. The monoisotopic (exact) mass is 282 g/mol. The molecule has 1 fully saturated rings. The van der Waals surface area contributed by atoms with Crippen molar-refractivity contribution in [1.29, 1.82) is 0 Å². The van der Waals surface area contributed by atoms with Crippen LogP contribution in [0.15, 0.2) is 18.2 Å². The van der Waals surface area contributed by atoms with Gasteiger partial charge < -0.3 is 15.8 Å². The lowest BCUT2D eigenvalue weighted by molar-refractivity contribution is -0.0300. The Labute approximate surface area is 118 Å². The molecule has 4 nitrogen and oxygen atoms in total. The molecule has 1 aliphatic rings. The standard InChI is InChI=1S/C14H19ClN2O2/c1-3-19-12-7-11(16)13(12)17-14(18)9-4-8(2)5-10(15)6-9/h4-6,11-13H,3,7,16H2,1-2H3,(H,17,18). The van der Waals surface area contributed by atoms with Crippen LogP contribution < -0.4 is 11.1 Å². The Morgan fingerprint density at radius 3 is 2.84 bits per heavy atom. The Balaban J connectivity index is 2.04. The summed E-state index contributed by atoms with van der Waals surface area (Å²) in [6.07, 6.45) is 0.803. The van der Waals surface area contributed by atoms with Crippen molar-refractivity contribution in [2.45, 2.75) is 38.5 Å². The molecule has 3 N–H and O–H groups in total. The molecule has 2 rings (SSSR count). The molecule has 0 radical (unpaired) electrons. The smallest absolute Gasteiger partial charge is 0.251 e. The van der Waals surface area contributed by atoms with Gasteiger partial charge in [0.25, 0.3) is 5.91 Å². The lowest BCUT2D eigenvalue weighted by atomic mass is 9.83. The van der Waals surface area contributed by atoms with Gasteiger partial charge in [-0.2, -0.15) is 0 Å².